The van der Waals surface area contributed by atoms with Gasteiger partial charge in [0.2, 0.25) is 0 Å². The van der Waals surface area contributed by atoms with Crippen LogP contribution in [0.25, 0.3) is 0 Å². The lowest BCUT2D eigenvalue weighted by molar-refractivity contribution is -0.0569. The number of ether oxygens (including phenoxy) is 1. The fourth-order valence-electron chi connectivity index (χ4n) is 1.27. The molecule has 1 aromatic rings. The van der Waals surface area contributed by atoms with Gasteiger partial charge in [-0.3, -0.25) is 0 Å². The summed E-state index contributed by atoms with van der Waals surface area (Å²) < 4.78 is 5.06. The summed E-state index contributed by atoms with van der Waals surface area (Å²) in [7, 11) is 0. The second-order valence-corrected chi connectivity index (χ2v) is 3.59. The van der Waals surface area contributed by atoms with E-state index < -0.39 is 0 Å². The molecule has 1 saturated heterocycles. The standard InChI is InChI=1S/C9H10ClNO.ClH/c10-8-3-1-7(2-4-8)9(11)5-12-6-9;/h1-4H,5-6,11H2;1H. The van der Waals surface area contributed by atoms with Crippen LogP contribution in [0.5, 0.6) is 0 Å². The van der Waals surface area contributed by atoms with Gasteiger partial charge in [-0.15, -0.1) is 12.4 Å². The van der Waals surface area contributed by atoms with Crippen molar-refractivity contribution in [2.24, 2.45) is 5.73 Å². The molecule has 72 valence electrons. The minimum atomic E-state index is -0.273. The van der Waals surface area contributed by atoms with Crippen molar-refractivity contribution in [2.75, 3.05) is 13.2 Å². The average molecular weight is 220 g/mol. The number of rotatable bonds is 1. The number of halogens is 2. The highest BCUT2D eigenvalue weighted by Crippen LogP contribution is 2.27. The summed E-state index contributed by atoms with van der Waals surface area (Å²) in [5.74, 6) is 0. The van der Waals surface area contributed by atoms with Crippen LogP contribution < -0.4 is 5.73 Å². The van der Waals surface area contributed by atoms with E-state index in [2.05, 4.69) is 0 Å². The van der Waals surface area contributed by atoms with Crippen LogP contribution in [-0.2, 0) is 10.3 Å². The van der Waals surface area contributed by atoms with Gasteiger partial charge in [0.25, 0.3) is 0 Å². The van der Waals surface area contributed by atoms with Crippen molar-refractivity contribution in [3.8, 4) is 0 Å². The molecule has 0 aromatic heterocycles. The molecule has 1 aliphatic rings. The van der Waals surface area contributed by atoms with Crippen molar-refractivity contribution in [1.29, 1.82) is 0 Å². The number of benzene rings is 1. The maximum atomic E-state index is 6.01. The lowest BCUT2D eigenvalue weighted by Crippen LogP contribution is -2.54. The third-order valence-electron chi connectivity index (χ3n) is 2.14. The van der Waals surface area contributed by atoms with Crippen LogP contribution in [0.2, 0.25) is 5.02 Å². The molecular formula is C9H11Cl2NO. The molecule has 0 spiro atoms. The maximum Gasteiger partial charge on any atom is 0.0883 e. The minimum absolute atomic E-state index is 0. The highest BCUT2D eigenvalue weighted by Gasteiger charge is 2.35. The first-order valence-electron chi connectivity index (χ1n) is 3.83. The van der Waals surface area contributed by atoms with E-state index in [-0.39, 0.29) is 17.9 Å². The van der Waals surface area contributed by atoms with E-state index in [1.54, 1.807) is 0 Å². The summed E-state index contributed by atoms with van der Waals surface area (Å²) in [5.41, 5.74) is 6.83. The normalized spacial score (nSPS) is 18.6. The van der Waals surface area contributed by atoms with Gasteiger partial charge >= 0.3 is 0 Å². The van der Waals surface area contributed by atoms with E-state index in [1.165, 1.54) is 0 Å². The van der Waals surface area contributed by atoms with Gasteiger partial charge in [-0.2, -0.15) is 0 Å². The van der Waals surface area contributed by atoms with Gasteiger partial charge in [0.05, 0.1) is 18.8 Å². The molecule has 1 fully saturated rings. The number of hydrogen-bond acceptors (Lipinski definition) is 2. The SMILES string of the molecule is Cl.NC1(c2ccc(Cl)cc2)COC1. The molecule has 1 heterocycles. The summed E-state index contributed by atoms with van der Waals surface area (Å²) in [6, 6.07) is 7.60. The predicted octanol–water partition coefficient (Wildman–Crippen LogP) is 1.95. The summed E-state index contributed by atoms with van der Waals surface area (Å²) in [6.45, 7) is 1.21. The van der Waals surface area contributed by atoms with E-state index in [4.69, 9.17) is 22.1 Å². The van der Waals surface area contributed by atoms with Crippen molar-refractivity contribution in [1.82, 2.24) is 0 Å². The van der Waals surface area contributed by atoms with Crippen LogP contribution in [-0.4, -0.2) is 13.2 Å². The summed E-state index contributed by atoms with van der Waals surface area (Å²) >= 11 is 5.75. The van der Waals surface area contributed by atoms with Crippen LogP contribution in [0.3, 0.4) is 0 Å². The van der Waals surface area contributed by atoms with Crippen molar-refractivity contribution < 1.29 is 4.74 Å². The van der Waals surface area contributed by atoms with Crippen molar-refractivity contribution in [3.05, 3.63) is 34.9 Å². The van der Waals surface area contributed by atoms with Gasteiger partial charge in [-0.25, -0.2) is 0 Å². The monoisotopic (exact) mass is 219 g/mol. The number of hydrogen-bond donors (Lipinski definition) is 1. The largest absolute Gasteiger partial charge is 0.377 e. The van der Waals surface area contributed by atoms with Crippen LogP contribution in [0.15, 0.2) is 24.3 Å². The first-order valence-corrected chi connectivity index (χ1v) is 4.21. The zero-order chi connectivity index (χ0) is 8.60. The zero-order valence-electron chi connectivity index (χ0n) is 7.00. The molecular weight excluding hydrogens is 209 g/mol. The fraction of sp³-hybridized carbons (Fsp3) is 0.333. The van der Waals surface area contributed by atoms with Crippen molar-refractivity contribution in [2.45, 2.75) is 5.54 Å². The summed E-state index contributed by atoms with van der Waals surface area (Å²) in [6.07, 6.45) is 0. The van der Waals surface area contributed by atoms with E-state index in [1.807, 2.05) is 24.3 Å². The Labute approximate surface area is 88.4 Å². The van der Waals surface area contributed by atoms with Gasteiger partial charge in [-0.1, -0.05) is 23.7 Å². The Morgan fingerprint density at radius 3 is 2.15 bits per heavy atom. The molecule has 1 aromatic carbocycles. The Morgan fingerprint density at radius 1 is 1.23 bits per heavy atom. The Morgan fingerprint density at radius 2 is 1.77 bits per heavy atom. The van der Waals surface area contributed by atoms with E-state index in [0.29, 0.717) is 13.2 Å². The predicted molar refractivity (Wildman–Crippen MR) is 55.4 cm³/mol. The Bertz CT molecular complexity index is 282. The second kappa shape index (κ2) is 3.84. The van der Waals surface area contributed by atoms with Crippen molar-refractivity contribution in [3.63, 3.8) is 0 Å². The van der Waals surface area contributed by atoms with E-state index in [0.717, 1.165) is 10.6 Å². The zero-order valence-corrected chi connectivity index (χ0v) is 8.57. The Balaban J connectivity index is 0.000000845. The number of nitrogens with two attached hydrogens (primary N) is 1. The molecule has 0 aliphatic carbocycles. The lowest BCUT2D eigenvalue weighted by Gasteiger charge is -2.38. The molecule has 2 rings (SSSR count). The molecule has 2 nitrogen and oxygen atoms in total. The minimum Gasteiger partial charge on any atom is -0.377 e. The van der Waals surface area contributed by atoms with Gasteiger partial charge in [0.15, 0.2) is 0 Å². The van der Waals surface area contributed by atoms with Gasteiger partial charge in [0.1, 0.15) is 0 Å². The van der Waals surface area contributed by atoms with E-state index >= 15 is 0 Å². The Hall–Kier alpha value is -0.280. The third kappa shape index (κ3) is 1.97. The molecule has 1 aliphatic heterocycles. The molecule has 13 heavy (non-hydrogen) atoms. The topological polar surface area (TPSA) is 35.2 Å². The molecule has 0 atom stereocenters. The van der Waals surface area contributed by atoms with Crippen LogP contribution in [0.1, 0.15) is 5.56 Å². The Kier molecular flexibility index (Phi) is 3.19. The molecule has 0 unspecified atom stereocenters. The molecule has 0 radical (unpaired) electrons. The van der Waals surface area contributed by atoms with Gasteiger partial charge < -0.3 is 10.5 Å². The van der Waals surface area contributed by atoms with E-state index in [9.17, 15) is 0 Å². The first kappa shape index (κ1) is 10.8. The highest BCUT2D eigenvalue weighted by molar-refractivity contribution is 6.30. The quantitative estimate of drug-likeness (QED) is 0.784. The average Bonchev–Trinajstić information content (AvgIpc) is 2.02. The summed E-state index contributed by atoms with van der Waals surface area (Å²) in [5, 5.41) is 0.739. The molecule has 0 bridgehead atoms. The maximum absolute atomic E-state index is 6.01. The first-order chi connectivity index (χ1) is 5.71. The fourth-order valence-corrected chi connectivity index (χ4v) is 1.40. The molecule has 4 heteroatoms. The van der Waals surface area contributed by atoms with Crippen LogP contribution >= 0.6 is 24.0 Å². The van der Waals surface area contributed by atoms with Gasteiger partial charge in [-0.05, 0) is 17.7 Å². The summed E-state index contributed by atoms with van der Waals surface area (Å²) in [4.78, 5) is 0. The highest BCUT2D eigenvalue weighted by atomic mass is 35.5. The lowest BCUT2D eigenvalue weighted by atomic mass is 9.89. The van der Waals surface area contributed by atoms with Crippen LogP contribution in [0, 0.1) is 0 Å². The molecule has 0 amide bonds. The molecule has 0 saturated carbocycles. The van der Waals surface area contributed by atoms with Crippen LogP contribution in [0.4, 0.5) is 0 Å². The van der Waals surface area contributed by atoms with Crippen molar-refractivity contribution >= 4 is 24.0 Å². The third-order valence-corrected chi connectivity index (χ3v) is 2.39. The second-order valence-electron chi connectivity index (χ2n) is 3.16. The van der Waals surface area contributed by atoms with Gasteiger partial charge in [0, 0.05) is 5.02 Å². The smallest absolute Gasteiger partial charge is 0.0883 e. The molecule has 2 N–H and O–H groups in total.